The molecule has 2 aromatic rings. The number of carbonyl (C=O) groups is 1. The number of furan rings is 1. The fourth-order valence-corrected chi connectivity index (χ4v) is 2.19. The number of aryl methyl sites for hydroxylation is 3. The van der Waals surface area contributed by atoms with Crippen LogP contribution in [-0.4, -0.2) is 27.6 Å². The Bertz CT molecular complexity index is 680. The van der Waals surface area contributed by atoms with E-state index in [9.17, 15) is 4.79 Å². The zero-order valence-corrected chi connectivity index (χ0v) is 13.2. The van der Waals surface area contributed by atoms with Gasteiger partial charge in [-0.2, -0.15) is 5.10 Å². The largest absolute Gasteiger partial charge is 0.464 e. The van der Waals surface area contributed by atoms with E-state index >= 15 is 0 Å². The average Bonchev–Trinajstić information content (AvgIpc) is 2.92. The summed E-state index contributed by atoms with van der Waals surface area (Å²) < 4.78 is 7.29. The van der Waals surface area contributed by atoms with Crippen LogP contribution in [0.25, 0.3) is 6.08 Å². The summed E-state index contributed by atoms with van der Waals surface area (Å²) in [5.74, 6) is 1.57. The Kier molecular flexibility index (Phi) is 4.31. The van der Waals surface area contributed by atoms with Crippen molar-refractivity contribution in [3.63, 3.8) is 0 Å². The van der Waals surface area contributed by atoms with Crippen molar-refractivity contribution in [1.29, 1.82) is 0 Å². The van der Waals surface area contributed by atoms with Gasteiger partial charge < -0.3 is 9.32 Å². The minimum atomic E-state index is -0.0632. The lowest BCUT2D eigenvalue weighted by molar-refractivity contribution is -0.125. The Morgan fingerprint density at radius 1 is 1.38 bits per heavy atom. The Hall–Kier alpha value is -2.30. The predicted octanol–water partition coefficient (Wildman–Crippen LogP) is 2.61. The van der Waals surface area contributed by atoms with E-state index in [4.69, 9.17) is 4.42 Å². The summed E-state index contributed by atoms with van der Waals surface area (Å²) in [6.45, 7) is 6.27. The third-order valence-electron chi connectivity index (χ3n) is 3.52. The standard InChI is InChI=1S/C16H21N3O2/c1-11-6-7-14(21-11)10-18(4)16(20)9-8-15-12(2)17-19(5)13(15)3/h6-9H,10H2,1-5H3. The summed E-state index contributed by atoms with van der Waals surface area (Å²) >= 11 is 0. The van der Waals surface area contributed by atoms with E-state index in [1.54, 1.807) is 18.0 Å². The van der Waals surface area contributed by atoms with Crippen LogP contribution in [-0.2, 0) is 18.4 Å². The van der Waals surface area contributed by atoms with Gasteiger partial charge in [-0.25, -0.2) is 0 Å². The second-order valence-electron chi connectivity index (χ2n) is 5.25. The molecule has 0 aliphatic carbocycles. The molecular formula is C16H21N3O2. The summed E-state index contributed by atoms with van der Waals surface area (Å²) in [5.41, 5.74) is 2.96. The number of amides is 1. The van der Waals surface area contributed by atoms with Crippen LogP contribution in [0.3, 0.4) is 0 Å². The Morgan fingerprint density at radius 3 is 2.62 bits per heavy atom. The van der Waals surface area contributed by atoms with Crippen LogP contribution >= 0.6 is 0 Å². The summed E-state index contributed by atoms with van der Waals surface area (Å²) in [5, 5.41) is 4.33. The van der Waals surface area contributed by atoms with E-state index in [0.29, 0.717) is 6.54 Å². The molecule has 1 amide bonds. The Labute approximate surface area is 124 Å². The highest BCUT2D eigenvalue weighted by atomic mass is 16.3. The van der Waals surface area contributed by atoms with Crippen molar-refractivity contribution < 1.29 is 9.21 Å². The van der Waals surface area contributed by atoms with Gasteiger partial charge >= 0.3 is 0 Å². The van der Waals surface area contributed by atoms with Crippen LogP contribution in [0.1, 0.15) is 28.5 Å². The van der Waals surface area contributed by atoms with Gasteiger partial charge in [0.1, 0.15) is 11.5 Å². The number of carbonyl (C=O) groups excluding carboxylic acids is 1. The van der Waals surface area contributed by atoms with E-state index in [1.807, 2.05) is 50.7 Å². The van der Waals surface area contributed by atoms with Crippen LogP contribution in [0, 0.1) is 20.8 Å². The fourth-order valence-electron chi connectivity index (χ4n) is 2.19. The van der Waals surface area contributed by atoms with Crippen LogP contribution in [0.5, 0.6) is 0 Å². The van der Waals surface area contributed by atoms with Crippen LogP contribution < -0.4 is 0 Å². The molecule has 0 unspecified atom stereocenters. The second-order valence-corrected chi connectivity index (χ2v) is 5.25. The molecule has 2 rings (SSSR count). The predicted molar refractivity (Wildman–Crippen MR) is 81.6 cm³/mol. The SMILES string of the molecule is Cc1ccc(CN(C)C(=O)C=Cc2c(C)nn(C)c2C)o1. The molecule has 112 valence electrons. The normalized spacial score (nSPS) is 11.3. The molecule has 0 spiro atoms. The van der Waals surface area contributed by atoms with Crippen molar-refractivity contribution in [2.45, 2.75) is 27.3 Å². The third kappa shape index (κ3) is 3.42. The van der Waals surface area contributed by atoms with E-state index in [-0.39, 0.29) is 5.91 Å². The van der Waals surface area contributed by atoms with Crippen LogP contribution in [0.2, 0.25) is 0 Å². The minimum absolute atomic E-state index is 0.0632. The molecule has 0 aromatic carbocycles. The maximum Gasteiger partial charge on any atom is 0.246 e. The van der Waals surface area contributed by atoms with Crippen molar-refractivity contribution >= 4 is 12.0 Å². The maximum atomic E-state index is 12.1. The van der Waals surface area contributed by atoms with Gasteiger partial charge in [0.05, 0.1) is 12.2 Å². The maximum absolute atomic E-state index is 12.1. The topological polar surface area (TPSA) is 51.3 Å². The monoisotopic (exact) mass is 287 g/mol. The van der Waals surface area contributed by atoms with E-state index < -0.39 is 0 Å². The van der Waals surface area contributed by atoms with E-state index in [1.165, 1.54) is 0 Å². The number of hydrogen-bond donors (Lipinski definition) is 0. The molecule has 5 nitrogen and oxygen atoms in total. The molecule has 0 aliphatic heterocycles. The summed E-state index contributed by atoms with van der Waals surface area (Å²) in [6.07, 6.45) is 3.40. The van der Waals surface area contributed by atoms with Crippen molar-refractivity contribution in [2.75, 3.05) is 7.05 Å². The van der Waals surface area contributed by atoms with E-state index in [2.05, 4.69) is 5.10 Å². The van der Waals surface area contributed by atoms with Crippen LogP contribution in [0.4, 0.5) is 0 Å². The number of nitrogens with zero attached hydrogens (tertiary/aromatic N) is 3. The van der Waals surface area contributed by atoms with Crippen LogP contribution in [0.15, 0.2) is 22.6 Å². The van der Waals surface area contributed by atoms with Crippen molar-refractivity contribution in [1.82, 2.24) is 14.7 Å². The molecule has 0 atom stereocenters. The lowest BCUT2D eigenvalue weighted by atomic mass is 10.2. The molecule has 21 heavy (non-hydrogen) atoms. The number of rotatable bonds is 4. The van der Waals surface area contributed by atoms with Crippen molar-refractivity contribution in [3.8, 4) is 0 Å². The van der Waals surface area contributed by atoms with E-state index in [0.717, 1.165) is 28.5 Å². The molecule has 0 saturated heterocycles. The second kappa shape index (κ2) is 5.99. The minimum Gasteiger partial charge on any atom is -0.464 e. The van der Waals surface area contributed by atoms with Gasteiger partial charge in [-0.05, 0) is 39.0 Å². The highest BCUT2D eigenvalue weighted by molar-refractivity contribution is 5.91. The van der Waals surface area contributed by atoms with Gasteiger partial charge in [0.2, 0.25) is 5.91 Å². The number of aromatic nitrogens is 2. The van der Waals surface area contributed by atoms with Gasteiger partial charge in [-0.1, -0.05) is 0 Å². The van der Waals surface area contributed by atoms with Gasteiger partial charge in [-0.3, -0.25) is 9.48 Å². The highest BCUT2D eigenvalue weighted by Gasteiger charge is 2.10. The molecule has 0 N–H and O–H groups in total. The summed E-state index contributed by atoms with van der Waals surface area (Å²) in [7, 11) is 3.65. The summed E-state index contributed by atoms with van der Waals surface area (Å²) in [6, 6.07) is 3.78. The zero-order valence-electron chi connectivity index (χ0n) is 13.2. The quantitative estimate of drug-likeness (QED) is 0.812. The molecule has 5 heteroatoms. The summed E-state index contributed by atoms with van der Waals surface area (Å²) in [4.78, 5) is 13.7. The molecule has 0 aliphatic rings. The van der Waals surface area contributed by atoms with Crippen molar-refractivity contribution in [3.05, 3.63) is 46.7 Å². The molecule has 0 fully saturated rings. The first kappa shape index (κ1) is 15.1. The smallest absolute Gasteiger partial charge is 0.246 e. The molecule has 2 heterocycles. The molecular weight excluding hydrogens is 266 g/mol. The molecule has 0 bridgehead atoms. The first-order valence-corrected chi connectivity index (χ1v) is 6.87. The van der Waals surface area contributed by atoms with Crippen molar-refractivity contribution in [2.24, 2.45) is 7.05 Å². The molecule has 0 saturated carbocycles. The number of hydrogen-bond acceptors (Lipinski definition) is 3. The first-order valence-electron chi connectivity index (χ1n) is 6.87. The van der Waals surface area contributed by atoms with Gasteiger partial charge in [0, 0.05) is 31.4 Å². The Balaban J connectivity index is 2.04. The zero-order chi connectivity index (χ0) is 15.6. The lowest BCUT2D eigenvalue weighted by Crippen LogP contribution is -2.23. The first-order chi connectivity index (χ1) is 9.88. The Morgan fingerprint density at radius 2 is 2.10 bits per heavy atom. The van der Waals surface area contributed by atoms with Gasteiger partial charge in [0.25, 0.3) is 0 Å². The third-order valence-corrected chi connectivity index (χ3v) is 3.52. The molecule has 2 aromatic heterocycles. The fraction of sp³-hybridized carbons (Fsp3) is 0.375. The van der Waals surface area contributed by atoms with Gasteiger partial charge in [-0.15, -0.1) is 0 Å². The van der Waals surface area contributed by atoms with Gasteiger partial charge in [0.15, 0.2) is 0 Å². The molecule has 0 radical (unpaired) electrons. The lowest BCUT2D eigenvalue weighted by Gasteiger charge is -2.13. The average molecular weight is 287 g/mol. The highest BCUT2D eigenvalue weighted by Crippen LogP contribution is 2.14. The number of likely N-dealkylation sites (N-methyl/N-ethyl adjacent to an activating group) is 1.